The molecular formula is C27H39NO. The highest BCUT2D eigenvalue weighted by molar-refractivity contribution is 5.66. The number of nitrogens with zero attached hydrogens (tertiary/aromatic N) is 1. The summed E-state index contributed by atoms with van der Waals surface area (Å²) in [4.78, 5) is 2.36. The number of aryl methyl sites for hydroxylation is 1. The van der Waals surface area contributed by atoms with Crippen LogP contribution in [0.4, 0.5) is 0 Å². The monoisotopic (exact) mass is 393 g/mol. The molecule has 0 radical (unpaired) electrons. The summed E-state index contributed by atoms with van der Waals surface area (Å²) in [5, 5.41) is 10.0. The topological polar surface area (TPSA) is 23.5 Å². The van der Waals surface area contributed by atoms with Crippen molar-refractivity contribution in [3.8, 4) is 0 Å². The van der Waals surface area contributed by atoms with E-state index in [1.54, 1.807) is 0 Å². The van der Waals surface area contributed by atoms with Gasteiger partial charge in [0.05, 0.1) is 5.60 Å². The van der Waals surface area contributed by atoms with E-state index < -0.39 is 5.60 Å². The van der Waals surface area contributed by atoms with Gasteiger partial charge in [-0.1, -0.05) is 66.3 Å². The summed E-state index contributed by atoms with van der Waals surface area (Å²) in [6.45, 7) is 21.7. The van der Waals surface area contributed by atoms with Crippen LogP contribution in [0.1, 0.15) is 58.1 Å². The number of benzene rings is 1. The molecule has 0 atom stereocenters. The number of hydrogen-bond donors (Lipinski definition) is 1. The minimum atomic E-state index is -0.623. The zero-order valence-corrected chi connectivity index (χ0v) is 19.1. The first-order valence-electron chi connectivity index (χ1n) is 10.8. The van der Waals surface area contributed by atoms with Gasteiger partial charge in [-0.15, -0.1) is 0 Å². The fourth-order valence-electron chi connectivity index (χ4n) is 3.88. The molecule has 0 amide bonds. The number of hydrogen-bond acceptors (Lipinski definition) is 2. The molecule has 1 fully saturated rings. The molecule has 0 unspecified atom stereocenters. The molecule has 0 aliphatic carbocycles. The van der Waals surface area contributed by atoms with E-state index in [1.165, 1.54) is 27.8 Å². The SMILES string of the molecule is C=C(CC(/C=C\C(=C)C1CCN(CC(C)(C)O)CC1)=C(C)C)c1ccc(C)cc1. The lowest BCUT2D eigenvalue weighted by Crippen LogP contribution is -2.43. The fourth-order valence-corrected chi connectivity index (χ4v) is 3.88. The van der Waals surface area contributed by atoms with Gasteiger partial charge < -0.3 is 10.0 Å². The van der Waals surface area contributed by atoms with E-state index in [-0.39, 0.29) is 0 Å². The van der Waals surface area contributed by atoms with E-state index in [9.17, 15) is 5.11 Å². The first kappa shape index (κ1) is 23.4. The molecule has 2 nitrogen and oxygen atoms in total. The van der Waals surface area contributed by atoms with Crippen molar-refractivity contribution >= 4 is 5.57 Å². The van der Waals surface area contributed by atoms with Gasteiger partial charge in [-0.05, 0) is 89.6 Å². The molecule has 1 N–H and O–H groups in total. The minimum Gasteiger partial charge on any atom is -0.389 e. The van der Waals surface area contributed by atoms with Crippen LogP contribution < -0.4 is 0 Å². The minimum absolute atomic E-state index is 0.531. The summed E-state index contributed by atoms with van der Waals surface area (Å²) >= 11 is 0. The van der Waals surface area contributed by atoms with Gasteiger partial charge in [0.25, 0.3) is 0 Å². The van der Waals surface area contributed by atoms with Crippen LogP contribution in [0.2, 0.25) is 0 Å². The molecule has 1 aliphatic rings. The summed E-state index contributed by atoms with van der Waals surface area (Å²) in [6.07, 6.45) is 7.53. The van der Waals surface area contributed by atoms with Crippen LogP contribution in [0.5, 0.6) is 0 Å². The van der Waals surface area contributed by atoms with Crippen molar-refractivity contribution in [2.45, 2.75) is 59.5 Å². The second kappa shape index (κ2) is 10.2. The van der Waals surface area contributed by atoms with Gasteiger partial charge in [0.1, 0.15) is 0 Å². The van der Waals surface area contributed by atoms with Gasteiger partial charge in [-0.2, -0.15) is 0 Å². The molecule has 1 heterocycles. The number of aliphatic hydroxyl groups is 1. The molecule has 0 spiro atoms. The summed E-state index contributed by atoms with van der Waals surface area (Å²) in [5.74, 6) is 0.531. The Bertz CT molecular complexity index is 762. The highest BCUT2D eigenvalue weighted by atomic mass is 16.3. The summed E-state index contributed by atoms with van der Waals surface area (Å²) < 4.78 is 0. The van der Waals surface area contributed by atoms with Crippen molar-refractivity contribution in [3.05, 3.63) is 77.4 Å². The Hall–Kier alpha value is -1.90. The normalized spacial score (nSPS) is 16.2. The average Bonchev–Trinajstić information content (AvgIpc) is 2.64. The predicted molar refractivity (Wildman–Crippen MR) is 127 cm³/mol. The van der Waals surface area contributed by atoms with Gasteiger partial charge in [0, 0.05) is 6.54 Å². The molecule has 0 aromatic heterocycles. The van der Waals surface area contributed by atoms with E-state index in [2.05, 4.69) is 75.2 Å². The third-order valence-electron chi connectivity index (χ3n) is 5.73. The molecule has 1 saturated heterocycles. The highest BCUT2D eigenvalue weighted by Gasteiger charge is 2.24. The number of β-amino-alcohol motifs (C(OH)–C–C–N with tert-alkyl or cyclic N) is 1. The second-order valence-corrected chi connectivity index (χ2v) is 9.44. The van der Waals surface area contributed by atoms with E-state index in [1.807, 2.05) is 13.8 Å². The summed E-state index contributed by atoms with van der Waals surface area (Å²) in [6, 6.07) is 8.60. The molecule has 2 rings (SSSR count). The largest absolute Gasteiger partial charge is 0.389 e. The molecule has 29 heavy (non-hydrogen) atoms. The van der Waals surface area contributed by atoms with E-state index in [0.29, 0.717) is 5.92 Å². The molecule has 1 aromatic rings. The van der Waals surface area contributed by atoms with Gasteiger partial charge in [-0.25, -0.2) is 0 Å². The Morgan fingerprint density at radius 3 is 2.21 bits per heavy atom. The van der Waals surface area contributed by atoms with Gasteiger partial charge >= 0.3 is 0 Å². The van der Waals surface area contributed by atoms with Crippen LogP contribution in [0.3, 0.4) is 0 Å². The van der Waals surface area contributed by atoms with E-state index in [0.717, 1.165) is 44.5 Å². The molecule has 0 saturated carbocycles. The molecule has 1 aliphatic heterocycles. The second-order valence-electron chi connectivity index (χ2n) is 9.44. The molecule has 2 heteroatoms. The number of likely N-dealkylation sites (tertiary alicyclic amines) is 1. The van der Waals surface area contributed by atoms with Gasteiger partial charge in [0.2, 0.25) is 0 Å². The van der Waals surface area contributed by atoms with Crippen molar-refractivity contribution in [1.82, 2.24) is 4.90 Å². The van der Waals surface area contributed by atoms with Crippen LogP contribution in [-0.4, -0.2) is 35.2 Å². The van der Waals surface area contributed by atoms with Crippen LogP contribution >= 0.6 is 0 Å². The van der Waals surface area contributed by atoms with E-state index >= 15 is 0 Å². The van der Waals surface area contributed by atoms with Gasteiger partial charge in [-0.3, -0.25) is 0 Å². The van der Waals surface area contributed by atoms with Crippen LogP contribution in [0.25, 0.3) is 5.57 Å². The number of rotatable bonds is 8. The van der Waals surface area contributed by atoms with Crippen LogP contribution in [-0.2, 0) is 0 Å². The Balaban J connectivity index is 1.93. The van der Waals surface area contributed by atoms with Crippen molar-refractivity contribution in [3.63, 3.8) is 0 Å². The van der Waals surface area contributed by atoms with E-state index in [4.69, 9.17) is 0 Å². The fraction of sp³-hybridized carbons (Fsp3) is 0.481. The zero-order chi connectivity index (χ0) is 21.6. The maximum atomic E-state index is 10.0. The third kappa shape index (κ3) is 7.79. The van der Waals surface area contributed by atoms with Crippen molar-refractivity contribution in [1.29, 1.82) is 0 Å². The molecule has 1 aromatic carbocycles. The van der Waals surface area contributed by atoms with Crippen LogP contribution in [0.15, 0.2) is 66.3 Å². The molecular weight excluding hydrogens is 354 g/mol. The Morgan fingerprint density at radius 1 is 1.10 bits per heavy atom. The maximum absolute atomic E-state index is 10.0. The van der Waals surface area contributed by atoms with Crippen LogP contribution in [0, 0.1) is 12.8 Å². The lowest BCUT2D eigenvalue weighted by Gasteiger charge is -2.35. The first-order valence-corrected chi connectivity index (χ1v) is 10.8. The standard InChI is InChI=1S/C27H39NO/c1-20(2)26(18-23(5)24-11-8-21(3)9-12-24)13-10-22(4)25-14-16-28(17-15-25)19-27(6,7)29/h8-13,25,29H,4-5,14-19H2,1-3,6-7H3/b13-10-. The lowest BCUT2D eigenvalue weighted by molar-refractivity contribution is 0.0265. The average molecular weight is 394 g/mol. The van der Waals surface area contributed by atoms with Crippen molar-refractivity contribution in [2.75, 3.05) is 19.6 Å². The number of allylic oxidation sites excluding steroid dienone is 6. The van der Waals surface area contributed by atoms with Crippen molar-refractivity contribution in [2.24, 2.45) is 5.92 Å². The summed E-state index contributed by atoms with van der Waals surface area (Å²) in [7, 11) is 0. The summed E-state index contributed by atoms with van der Waals surface area (Å²) in [5.41, 5.74) is 6.86. The van der Waals surface area contributed by atoms with Gasteiger partial charge in [0.15, 0.2) is 0 Å². The smallest absolute Gasteiger partial charge is 0.0718 e. The lowest BCUT2D eigenvalue weighted by atomic mass is 9.88. The quantitative estimate of drug-likeness (QED) is 0.522. The Morgan fingerprint density at radius 2 is 1.69 bits per heavy atom. The maximum Gasteiger partial charge on any atom is 0.0718 e. The van der Waals surface area contributed by atoms with Crippen molar-refractivity contribution < 1.29 is 5.11 Å². The predicted octanol–water partition coefficient (Wildman–Crippen LogP) is 6.33. The third-order valence-corrected chi connectivity index (χ3v) is 5.73. The first-order chi connectivity index (χ1) is 13.5. The Kier molecular flexibility index (Phi) is 8.24. The number of piperidine rings is 1. The molecule has 158 valence electrons. The molecule has 0 bridgehead atoms. The Labute approximate surface area is 178 Å². The highest BCUT2D eigenvalue weighted by Crippen LogP contribution is 2.28. The zero-order valence-electron chi connectivity index (χ0n) is 19.1.